The highest BCUT2D eigenvalue weighted by molar-refractivity contribution is 5.93. The molecule has 0 spiro atoms. The number of hydrogen-bond acceptors (Lipinski definition) is 5. The maximum atomic E-state index is 14.1. The van der Waals surface area contributed by atoms with Crippen LogP contribution in [0, 0.1) is 12.7 Å². The van der Waals surface area contributed by atoms with Gasteiger partial charge in [-0.1, -0.05) is 0 Å². The summed E-state index contributed by atoms with van der Waals surface area (Å²) in [6.07, 6.45) is -4.09. The lowest BCUT2D eigenvalue weighted by atomic mass is 10.1. The Balaban J connectivity index is 1.31. The molecule has 190 valence electrons. The Morgan fingerprint density at radius 1 is 1.19 bits per heavy atom. The summed E-state index contributed by atoms with van der Waals surface area (Å²) in [5.74, 6) is -1.65. The molecule has 5 rings (SSSR count). The van der Waals surface area contributed by atoms with Crippen molar-refractivity contribution in [1.29, 1.82) is 0 Å². The summed E-state index contributed by atoms with van der Waals surface area (Å²) in [4.78, 5) is 31.8. The van der Waals surface area contributed by atoms with Gasteiger partial charge in [-0.05, 0) is 38.1 Å². The molecule has 4 heterocycles. The van der Waals surface area contributed by atoms with Gasteiger partial charge in [-0.15, -0.1) is 0 Å². The van der Waals surface area contributed by atoms with E-state index >= 15 is 0 Å². The number of aryl methyl sites for hydroxylation is 1. The third-order valence-corrected chi connectivity index (χ3v) is 6.38. The molecule has 0 fully saturated rings. The number of carbonyl (C=O) groups is 1. The monoisotopic (exact) mass is 506 g/mol. The summed E-state index contributed by atoms with van der Waals surface area (Å²) >= 11 is 0. The second-order valence-electron chi connectivity index (χ2n) is 8.85. The SMILES string of the molecule is Cc1cn(-c2ccc3n(c2=O)CCN([C@@H](C)COc2ccc(F)c4c2CC(C(F)(F)F)O4)C3=O)cn1. The average molecular weight is 506 g/mol. The molecule has 2 atom stereocenters. The fourth-order valence-corrected chi connectivity index (χ4v) is 4.49. The number of halogens is 4. The van der Waals surface area contributed by atoms with E-state index in [-0.39, 0.29) is 48.2 Å². The number of rotatable bonds is 5. The van der Waals surface area contributed by atoms with Crippen LogP contribution in [0.4, 0.5) is 17.6 Å². The van der Waals surface area contributed by atoms with Gasteiger partial charge in [0, 0.05) is 31.3 Å². The molecule has 0 N–H and O–H groups in total. The van der Waals surface area contributed by atoms with Crippen molar-refractivity contribution in [2.45, 2.75) is 45.1 Å². The van der Waals surface area contributed by atoms with Gasteiger partial charge in [-0.25, -0.2) is 9.37 Å². The number of ether oxygens (including phenoxy) is 2. The Hall–Kier alpha value is -3.83. The van der Waals surface area contributed by atoms with E-state index in [0.29, 0.717) is 5.69 Å². The number of amides is 1. The van der Waals surface area contributed by atoms with Gasteiger partial charge in [0.2, 0.25) is 0 Å². The normalized spacial score (nSPS) is 18.0. The molecule has 36 heavy (non-hydrogen) atoms. The van der Waals surface area contributed by atoms with Gasteiger partial charge in [0.15, 0.2) is 17.7 Å². The molecule has 1 amide bonds. The van der Waals surface area contributed by atoms with Crippen molar-refractivity contribution in [2.24, 2.45) is 0 Å². The number of carbonyl (C=O) groups excluding carboxylic acids is 1. The standard InChI is InChI=1S/C24H22F4N4O4/c1-13-10-30(12-29-13)17-4-5-18-23(34)31(7-8-32(18)22(17)33)14(2)11-35-19-6-3-16(25)21-15(19)9-20(36-21)24(26,27)28/h3-6,10,12,14,20H,7-9,11H2,1-2H3/t14-,20?/m0/s1. The minimum absolute atomic E-state index is 0.00802. The van der Waals surface area contributed by atoms with Crippen molar-refractivity contribution >= 4 is 5.91 Å². The summed E-state index contributed by atoms with van der Waals surface area (Å²) < 4.78 is 66.9. The number of nitrogens with zero attached hydrogens (tertiary/aromatic N) is 4. The maximum Gasteiger partial charge on any atom is 0.425 e. The maximum absolute atomic E-state index is 14.1. The highest BCUT2D eigenvalue weighted by atomic mass is 19.4. The average Bonchev–Trinajstić information content (AvgIpc) is 3.47. The number of hydrogen-bond donors (Lipinski definition) is 0. The lowest BCUT2D eigenvalue weighted by Gasteiger charge is -2.34. The van der Waals surface area contributed by atoms with Crippen molar-refractivity contribution in [2.75, 3.05) is 13.2 Å². The summed E-state index contributed by atoms with van der Waals surface area (Å²) in [5.41, 5.74) is 1.04. The van der Waals surface area contributed by atoms with Crippen molar-refractivity contribution in [1.82, 2.24) is 19.0 Å². The van der Waals surface area contributed by atoms with Gasteiger partial charge < -0.3 is 23.5 Å². The van der Waals surface area contributed by atoms with Crippen LogP contribution in [-0.4, -0.2) is 56.4 Å². The molecule has 8 nitrogen and oxygen atoms in total. The molecule has 0 bridgehead atoms. The largest absolute Gasteiger partial charge is 0.491 e. The highest BCUT2D eigenvalue weighted by Gasteiger charge is 2.47. The smallest absolute Gasteiger partial charge is 0.425 e. The molecular formula is C24H22F4N4O4. The van der Waals surface area contributed by atoms with Crippen LogP contribution >= 0.6 is 0 Å². The molecule has 2 aliphatic rings. The molecule has 0 radical (unpaired) electrons. The second kappa shape index (κ2) is 8.68. The second-order valence-corrected chi connectivity index (χ2v) is 8.85. The van der Waals surface area contributed by atoms with Crippen LogP contribution in [0.15, 0.2) is 41.6 Å². The van der Waals surface area contributed by atoms with Crippen LogP contribution in [-0.2, 0) is 13.0 Å². The van der Waals surface area contributed by atoms with E-state index in [9.17, 15) is 27.2 Å². The van der Waals surface area contributed by atoms with Gasteiger partial charge in [0.05, 0.1) is 18.1 Å². The first-order valence-electron chi connectivity index (χ1n) is 11.3. The molecule has 0 saturated carbocycles. The molecular weight excluding hydrogens is 484 g/mol. The molecule has 12 heteroatoms. The minimum Gasteiger partial charge on any atom is -0.491 e. The Morgan fingerprint density at radius 2 is 1.97 bits per heavy atom. The number of benzene rings is 1. The minimum atomic E-state index is -4.64. The van der Waals surface area contributed by atoms with Crippen LogP contribution in [0.5, 0.6) is 11.5 Å². The number of imidazole rings is 1. The molecule has 2 aliphatic heterocycles. The number of alkyl halides is 3. The summed E-state index contributed by atoms with van der Waals surface area (Å²) in [6.45, 7) is 3.99. The molecule has 0 aliphatic carbocycles. The molecule has 1 aromatic carbocycles. The zero-order chi connectivity index (χ0) is 25.8. The fourth-order valence-electron chi connectivity index (χ4n) is 4.49. The highest BCUT2D eigenvalue weighted by Crippen LogP contribution is 2.42. The lowest BCUT2D eigenvalue weighted by Crippen LogP contribution is -2.50. The quantitative estimate of drug-likeness (QED) is 0.497. The third-order valence-electron chi connectivity index (χ3n) is 6.38. The Kier molecular flexibility index (Phi) is 5.76. The van der Waals surface area contributed by atoms with Gasteiger partial charge in [-0.3, -0.25) is 9.59 Å². The molecule has 1 unspecified atom stereocenters. The van der Waals surface area contributed by atoms with E-state index in [0.717, 1.165) is 11.8 Å². The first-order chi connectivity index (χ1) is 17.0. The number of aromatic nitrogens is 3. The van der Waals surface area contributed by atoms with E-state index in [1.807, 2.05) is 0 Å². The van der Waals surface area contributed by atoms with Crippen LogP contribution in [0.3, 0.4) is 0 Å². The summed E-state index contributed by atoms with van der Waals surface area (Å²) in [6, 6.07) is 4.92. The lowest BCUT2D eigenvalue weighted by molar-refractivity contribution is -0.189. The van der Waals surface area contributed by atoms with E-state index in [1.54, 1.807) is 36.7 Å². The third kappa shape index (κ3) is 4.10. The molecule has 3 aromatic rings. The van der Waals surface area contributed by atoms with Gasteiger partial charge in [-0.2, -0.15) is 13.2 Å². The summed E-state index contributed by atoms with van der Waals surface area (Å²) in [7, 11) is 0. The van der Waals surface area contributed by atoms with Gasteiger partial charge in [0.25, 0.3) is 11.5 Å². The Bertz CT molecular complexity index is 1400. The van der Waals surface area contributed by atoms with E-state index in [2.05, 4.69) is 4.98 Å². The van der Waals surface area contributed by atoms with Crippen LogP contribution < -0.4 is 15.0 Å². The molecule has 2 aromatic heterocycles. The predicted octanol–water partition coefficient (Wildman–Crippen LogP) is 3.27. The number of fused-ring (bicyclic) bond motifs is 2. The fraction of sp³-hybridized carbons (Fsp3) is 0.375. The topological polar surface area (TPSA) is 78.6 Å². The van der Waals surface area contributed by atoms with Crippen molar-refractivity contribution in [3.8, 4) is 17.2 Å². The van der Waals surface area contributed by atoms with E-state index < -0.39 is 36.3 Å². The predicted molar refractivity (Wildman–Crippen MR) is 119 cm³/mol. The van der Waals surface area contributed by atoms with Crippen LogP contribution in [0.1, 0.15) is 28.7 Å². The first kappa shape index (κ1) is 23.9. The van der Waals surface area contributed by atoms with Gasteiger partial charge in [0.1, 0.15) is 23.7 Å². The zero-order valence-electron chi connectivity index (χ0n) is 19.4. The Labute approximate surface area is 202 Å². The Morgan fingerprint density at radius 3 is 2.67 bits per heavy atom. The van der Waals surface area contributed by atoms with E-state index in [1.165, 1.54) is 21.9 Å². The van der Waals surface area contributed by atoms with Gasteiger partial charge >= 0.3 is 6.18 Å². The summed E-state index contributed by atoms with van der Waals surface area (Å²) in [5, 5.41) is 0. The van der Waals surface area contributed by atoms with Crippen molar-refractivity contribution in [3.63, 3.8) is 0 Å². The number of pyridine rings is 1. The van der Waals surface area contributed by atoms with Crippen LogP contribution in [0.25, 0.3) is 5.69 Å². The van der Waals surface area contributed by atoms with Crippen molar-refractivity contribution < 1.29 is 31.8 Å². The van der Waals surface area contributed by atoms with Crippen molar-refractivity contribution in [3.05, 3.63) is 69.9 Å². The first-order valence-corrected chi connectivity index (χ1v) is 11.3. The van der Waals surface area contributed by atoms with Crippen LogP contribution in [0.2, 0.25) is 0 Å². The molecule has 0 saturated heterocycles. The van der Waals surface area contributed by atoms with E-state index in [4.69, 9.17) is 9.47 Å². The zero-order valence-corrected chi connectivity index (χ0v) is 19.4.